The van der Waals surface area contributed by atoms with Crippen LogP contribution in [-0.2, 0) is 14.6 Å². The highest BCUT2D eigenvalue weighted by molar-refractivity contribution is 7.93. The van der Waals surface area contributed by atoms with Crippen LogP contribution < -0.4 is 10.6 Å². The van der Waals surface area contributed by atoms with Crippen molar-refractivity contribution in [1.82, 2.24) is 10.6 Å². The van der Waals surface area contributed by atoms with Crippen LogP contribution >= 0.6 is 35.4 Å². The zero-order valence-corrected chi connectivity index (χ0v) is 12.5. The van der Waals surface area contributed by atoms with Crippen LogP contribution in [-0.4, -0.2) is 31.2 Å². The molecule has 0 spiro atoms. The van der Waals surface area contributed by atoms with Crippen LogP contribution in [0.2, 0.25) is 10.0 Å². The van der Waals surface area contributed by atoms with E-state index in [2.05, 4.69) is 10.6 Å². The Morgan fingerprint density at radius 3 is 2.53 bits per heavy atom. The maximum Gasteiger partial charge on any atom is 0.246 e. The first-order valence-corrected chi connectivity index (χ1v) is 7.81. The second-order valence-corrected chi connectivity index (χ2v) is 7.16. The summed E-state index contributed by atoms with van der Waals surface area (Å²) >= 11 is 16.3. The molecule has 1 aromatic carbocycles. The monoisotopic (exact) mass is 338 g/mol. The molecular weight excluding hydrogens is 331 g/mol. The summed E-state index contributed by atoms with van der Waals surface area (Å²) in [5.41, 5.74) is 0. The molecule has 1 aromatic rings. The van der Waals surface area contributed by atoms with E-state index < -0.39 is 21.0 Å². The van der Waals surface area contributed by atoms with Crippen molar-refractivity contribution in [3.8, 4) is 0 Å². The fraction of sp³-hybridized carbons (Fsp3) is 0.200. The van der Waals surface area contributed by atoms with E-state index in [1.54, 1.807) is 0 Å². The Bertz CT molecular complexity index is 661. The molecule has 1 unspecified atom stereocenters. The third-order valence-electron chi connectivity index (χ3n) is 2.57. The van der Waals surface area contributed by atoms with Gasteiger partial charge in [0.2, 0.25) is 5.91 Å². The van der Waals surface area contributed by atoms with Crippen LogP contribution in [0.15, 0.2) is 23.1 Å². The largest absolute Gasteiger partial charge is 0.361 e. The number of thiocarbonyl (C=S) groups is 1. The van der Waals surface area contributed by atoms with Crippen molar-refractivity contribution in [2.45, 2.75) is 10.1 Å². The number of hydrogen-bond acceptors (Lipinski definition) is 4. The molecule has 0 bridgehead atoms. The van der Waals surface area contributed by atoms with Crippen molar-refractivity contribution < 1.29 is 13.2 Å². The molecule has 5 nitrogen and oxygen atoms in total. The van der Waals surface area contributed by atoms with Gasteiger partial charge in [0.25, 0.3) is 0 Å². The Kier molecular flexibility index (Phi) is 4.00. The van der Waals surface area contributed by atoms with Crippen LogP contribution in [0.1, 0.15) is 0 Å². The topological polar surface area (TPSA) is 75.3 Å². The second kappa shape index (κ2) is 5.24. The smallest absolute Gasteiger partial charge is 0.246 e. The molecule has 0 aromatic heterocycles. The first-order valence-electron chi connectivity index (χ1n) is 5.10. The summed E-state index contributed by atoms with van der Waals surface area (Å²) in [6.45, 7) is -0.0761. The maximum absolute atomic E-state index is 12.3. The van der Waals surface area contributed by atoms with Crippen molar-refractivity contribution in [1.29, 1.82) is 0 Å². The normalized spacial score (nSPS) is 19.8. The standard InChI is InChI=1S/C10H8Cl2N2O3S2/c11-6-2-1-5(3-7(6)12)19(16,17)8-4-13-10(18)14-9(8)15/h1-3,8H,4H2,(H2,13,14,15,18). The summed E-state index contributed by atoms with van der Waals surface area (Å²) in [4.78, 5) is 11.6. The summed E-state index contributed by atoms with van der Waals surface area (Å²) in [5, 5.41) is 4.12. The van der Waals surface area contributed by atoms with Gasteiger partial charge in [0.15, 0.2) is 20.2 Å². The number of benzene rings is 1. The molecule has 102 valence electrons. The van der Waals surface area contributed by atoms with Gasteiger partial charge in [0.1, 0.15) is 0 Å². The molecular formula is C10H8Cl2N2O3S2. The van der Waals surface area contributed by atoms with E-state index in [9.17, 15) is 13.2 Å². The van der Waals surface area contributed by atoms with Gasteiger partial charge in [-0.15, -0.1) is 0 Å². The third-order valence-corrected chi connectivity index (χ3v) is 5.60. The summed E-state index contributed by atoms with van der Waals surface area (Å²) in [7, 11) is -3.85. The van der Waals surface area contributed by atoms with E-state index in [4.69, 9.17) is 35.4 Å². The molecule has 1 aliphatic heterocycles. The zero-order chi connectivity index (χ0) is 14.2. The lowest BCUT2D eigenvalue weighted by atomic mass is 10.3. The number of amides is 1. The molecule has 2 N–H and O–H groups in total. The van der Waals surface area contributed by atoms with Gasteiger partial charge in [-0.1, -0.05) is 23.2 Å². The van der Waals surface area contributed by atoms with Crippen LogP contribution in [0, 0.1) is 0 Å². The van der Waals surface area contributed by atoms with E-state index in [0.29, 0.717) is 0 Å². The van der Waals surface area contributed by atoms with Gasteiger partial charge in [-0.3, -0.25) is 4.79 Å². The SMILES string of the molecule is O=C1NC(=S)NCC1S(=O)(=O)c1ccc(Cl)c(Cl)c1. The molecule has 0 aliphatic carbocycles. The van der Waals surface area contributed by atoms with Crippen LogP contribution in [0.3, 0.4) is 0 Å². The molecule has 0 saturated carbocycles. The van der Waals surface area contributed by atoms with Gasteiger partial charge in [0, 0.05) is 6.54 Å². The number of rotatable bonds is 2. The molecule has 1 amide bonds. The number of hydrogen-bond donors (Lipinski definition) is 2. The lowest BCUT2D eigenvalue weighted by Gasteiger charge is -2.24. The summed E-state index contributed by atoms with van der Waals surface area (Å²) in [6.07, 6.45) is 0. The number of carbonyl (C=O) groups is 1. The van der Waals surface area contributed by atoms with E-state index in [0.717, 1.165) is 0 Å². The Balaban J connectivity index is 2.39. The van der Waals surface area contributed by atoms with Gasteiger partial charge < -0.3 is 10.6 Å². The minimum absolute atomic E-state index is 0.0586. The van der Waals surface area contributed by atoms with Gasteiger partial charge in [-0.05, 0) is 30.4 Å². The van der Waals surface area contributed by atoms with E-state index in [1.807, 2.05) is 0 Å². The number of nitrogens with one attached hydrogen (secondary N) is 2. The van der Waals surface area contributed by atoms with Gasteiger partial charge in [-0.25, -0.2) is 8.42 Å². The Morgan fingerprint density at radius 2 is 1.95 bits per heavy atom. The molecule has 9 heteroatoms. The molecule has 1 saturated heterocycles. The van der Waals surface area contributed by atoms with Crippen LogP contribution in [0.4, 0.5) is 0 Å². The average Bonchev–Trinajstić information content (AvgIpc) is 2.32. The quantitative estimate of drug-likeness (QED) is 0.791. The molecule has 1 heterocycles. The second-order valence-electron chi connectivity index (χ2n) is 3.81. The fourth-order valence-corrected chi connectivity index (χ4v) is 3.64. The molecule has 0 radical (unpaired) electrons. The maximum atomic E-state index is 12.3. The fourth-order valence-electron chi connectivity index (χ4n) is 1.58. The van der Waals surface area contributed by atoms with Gasteiger partial charge in [-0.2, -0.15) is 0 Å². The molecule has 1 aliphatic rings. The first kappa shape index (κ1) is 14.5. The third kappa shape index (κ3) is 2.84. The summed E-state index contributed by atoms with van der Waals surface area (Å²) in [6, 6.07) is 3.90. The van der Waals surface area contributed by atoms with E-state index in [-0.39, 0.29) is 26.6 Å². The van der Waals surface area contributed by atoms with Gasteiger partial charge in [0.05, 0.1) is 14.9 Å². The lowest BCUT2D eigenvalue weighted by molar-refractivity contribution is -0.119. The number of carbonyl (C=O) groups excluding carboxylic acids is 1. The van der Waals surface area contributed by atoms with E-state index >= 15 is 0 Å². The van der Waals surface area contributed by atoms with Crippen LogP contribution in [0.25, 0.3) is 0 Å². The Labute approximate surface area is 125 Å². The average molecular weight is 339 g/mol. The zero-order valence-electron chi connectivity index (χ0n) is 9.31. The number of halogens is 2. The highest BCUT2D eigenvalue weighted by Gasteiger charge is 2.37. The highest BCUT2D eigenvalue weighted by Crippen LogP contribution is 2.27. The number of sulfone groups is 1. The lowest BCUT2D eigenvalue weighted by Crippen LogP contribution is -2.57. The minimum atomic E-state index is -3.85. The predicted molar refractivity (Wildman–Crippen MR) is 76.2 cm³/mol. The minimum Gasteiger partial charge on any atom is -0.361 e. The predicted octanol–water partition coefficient (Wildman–Crippen LogP) is 1.14. The van der Waals surface area contributed by atoms with Crippen molar-refractivity contribution in [2.24, 2.45) is 0 Å². The van der Waals surface area contributed by atoms with Crippen LogP contribution in [0.5, 0.6) is 0 Å². The molecule has 19 heavy (non-hydrogen) atoms. The Hall–Kier alpha value is -0.890. The molecule has 2 rings (SSSR count). The highest BCUT2D eigenvalue weighted by atomic mass is 35.5. The first-order chi connectivity index (χ1) is 8.82. The molecule has 1 fully saturated rings. The Morgan fingerprint density at radius 1 is 1.26 bits per heavy atom. The summed E-state index contributed by atoms with van der Waals surface area (Å²) in [5.74, 6) is -0.658. The van der Waals surface area contributed by atoms with Crippen molar-refractivity contribution in [3.05, 3.63) is 28.2 Å². The van der Waals surface area contributed by atoms with Crippen molar-refractivity contribution in [2.75, 3.05) is 6.54 Å². The van der Waals surface area contributed by atoms with E-state index in [1.165, 1.54) is 18.2 Å². The van der Waals surface area contributed by atoms with Gasteiger partial charge >= 0.3 is 0 Å². The molecule has 1 atom stereocenters. The summed E-state index contributed by atoms with van der Waals surface area (Å²) < 4.78 is 24.6. The van der Waals surface area contributed by atoms with Crippen molar-refractivity contribution in [3.63, 3.8) is 0 Å². The van der Waals surface area contributed by atoms with Crippen molar-refractivity contribution >= 4 is 56.3 Å².